The lowest BCUT2D eigenvalue weighted by Crippen LogP contribution is -2.56. The lowest BCUT2D eigenvalue weighted by atomic mass is 9.86. The number of hydrogen-bond acceptors (Lipinski definition) is 5. The molecule has 0 spiro atoms. The highest BCUT2D eigenvalue weighted by Gasteiger charge is 2.35. The highest BCUT2D eigenvalue weighted by atomic mass is 19.1. The Hall–Kier alpha value is -2.15. The number of anilines is 1. The van der Waals surface area contributed by atoms with E-state index in [0.717, 1.165) is 19.5 Å². The predicted molar refractivity (Wildman–Crippen MR) is 78.5 cm³/mol. The van der Waals surface area contributed by atoms with E-state index in [1.54, 1.807) is 0 Å². The Morgan fingerprint density at radius 3 is 2.86 bits per heavy atom. The average Bonchev–Trinajstić information content (AvgIpc) is 2.88. The maximum absolute atomic E-state index is 14.1. The quantitative estimate of drug-likeness (QED) is 0.882. The minimum atomic E-state index is -0.616. The topological polar surface area (TPSA) is 84.4 Å². The van der Waals surface area contributed by atoms with Crippen molar-refractivity contribution in [2.75, 3.05) is 18.8 Å². The van der Waals surface area contributed by atoms with Gasteiger partial charge in [-0.15, -0.1) is 0 Å². The van der Waals surface area contributed by atoms with Crippen LogP contribution in [0.4, 0.5) is 10.4 Å². The van der Waals surface area contributed by atoms with E-state index in [1.165, 1.54) is 25.0 Å². The predicted octanol–water partition coefficient (Wildman–Crippen LogP) is 1.72. The third-order valence-corrected chi connectivity index (χ3v) is 4.70. The number of oxazole rings is 1. The van der Waals surface area contributed by atoms with Crippen LogP contribution in [0.25, 0.3) is 11.1 Å². The second-order valence-electron chi connectivity index (χ2n) is 6.03. The standard InChI is InChI=1S/C15H17FN4O2/c16-9-1-2-10-13(19-15(17)22-10)12(9)14(21)18-11-7-8-3-5-20(11)6-4-8/h1-2,8,11H,3-7H2,(H2,17,19)(H,18,21)/t11-/m0/s1. The molecule has 3 aliphatic heterocycles. The number of nitrogens with zero attached hydrogens (tertiary/aromatic N) is 2. The molecule has 7 heteroatoms. The van der Waals surface area contributed by atoms with Crippen molar-refractivity contribution in [1.29, 1.82) is 0 Å². The van der Waals surface area contributed by atoms with Gasteiger partial charge in [0.1, 0.15) is 16.9 Å². The van der Waals surface area contributed by atoms with Gasteiger partial charge in [0, 0.05) is 13.1 Å². The Labute approximate surface area is 126 Å². The van der Waals surface area contributed by atoms with Crippen LogP contribution in [0, 0.1) is 11.7 Å². The number of nitrogens with one attached hydrogen (secondary N) is 1. The van der Waals surface area contributed by atoms with Gasteiger partial charge in [0.05, 0.1) is 6.17 Å². The van der Waals surface area contributed by atoms with Crippen LogP contribution in [0.3, 0.4) is 0 Å². The first-order chi connectivity index (χ1) is 10.6. The third kappa shape index (κ3) is 2.12. The van der Waals surface area contributed by atoms with Crippen molar-refractivity contribution in [2.45, 2.75) is 25.4 Å². The van der Waals surface area contributed by atoms with E-state index in [4.69, 9.17) is 10.2 Å². The van der Waals surface area contributed by atoms with Gasteiger partial charge in [-0.1, -0.05) is 0 Å². The largest absolute Gasteiger partial charge is 0.424 e. The molecule has 22 heavy (non-hydrogen) atoms. The summed E-state index contributed by atoms with van der Waals surface area (Å²) in [5.74, 6) is -0.429. The van der Waals surface area contributed by atoms with E-state index in [9.17, 15) is 9.18 Å². The van der Waals surface area contributed by atoms with Crippen LogP contribution in [0.1, 0.15) is 29.6 Å². The molecular weight excluding hydrogens is 287 g/mol. The zero-order valence-electron chi connectivity index (χ0n) is 12.0. The number of piperidine rings is 3. The molecule has 0 unspecified atom stereocenters. The van der Waals surface area contributed by atoms with Gasteiger partial charge in [0.2, 0.25) is 0 Å². The number of aromatic nitrogens is 1. The van der Waals surface area contributed by atoms with Gasteiger partial charge in [-0.25, -0.2) is 4.39 Å². The Kier molecular flexibility index (Phi) is 3.04. The molecule has 116 valence electrons. The van der Waals surface area contributed by atoms with Crippen LogP contribution < -0.4 is 11.1 Å². The van der Waals surface area contributed by atoms with Gasteiger partial charge in [0.15, 0.2) is 5.58 Å². The maximum Gasteiger partial charge on any atom is 0.293 e. The van der Waals surface area contributed by atoms with Crippen molar-refractivity contribution in [2.24, 2.45) is 5.92 Å². The summed E-state index contributed by atoms with van der Waals surface area (Å²) in [6.07, 6.45) is 3.25. The molecule has 3 fully saturated rings. The summed E-state index contributed by atoms with van der Waals surface area (Å²) in [4.78, 5) is 18.7. The summed E-state index contributed by atoms with van der Waals surface area (Å²) < 4.78 is 19.3. The van der Waals surface area contributed by atoms with Crippen LogP contribution in [0.15, 0.2) is 16.5 Å². The molecule has 6 nitrogen and oxygen atoms in total. The number of fused-ring (bicyclic) bond motifs is 4. The Balaban J connectivity index is 1.64. The van der Waals surface area contributed by atoms with Crippen LogP contribution in [-0.2, 0) is 0 Å². The summed E-state index contributed by atoms with van der Waals surface area (Å²) in [6, 6.07) is 2.56. The molecule has 1 aromatic carbocycles. The number of benzene rings is 1. The average molecular weight is 304 g/mol. The molecule has 0 aliphatic carbocycles. The fraction of sp³-hybridized carbons (Fsp3) is 0.467. The monoisotopic (exact) mass is 304 g/mol. The Morgan fingerprint density at radius 1 is 1.41 bits per heavy atom. The molecule has 4 heterocycles. The van der Waals surface area contributed by atoms with E-state index in [2.05, 4.69) is 15.2 Å². The van der Waals surface area contributed by atoms with Gasteiger partial charge >= 0.3 is 0 Å². The van der Waals surface area contributed by atoms with Gasteiger partial charge in [-0.2, -0.15) is 4.98 Å². The lowest BCUT2D eigenvalue weighted by Gasteiger charge is -2.45. The van der Waals surface area contributed by atoms with Gasteiger partial charge < -0.3 is 15.5 Å². The minimum Gasteiger partial charge on any atom is -0.424 e. The first-order valence-electron chi connectivity index (χ1n) is 7.51. The minimum absolute atomic E-state index is 0.0288. The number of hydrogen-bond donors (Lipinski definition) is 2. The molecule has 1 atom stereocenters. The van der Waals surface area contributed by atoms with E-state index in [0.29, 0.717) is 11.5 Å². The molecule has 1 amide bonds. The number of rotatable bonds is 2. The number of nitrogen functional groups attached to an aromatic ring is 1. The van der Waals surface area contributed by atoms with E-state index in [1.807, 2.05) is 0 Å². The molecule has 0 saturated carbocycles. The second kappa shape index (κ2) is 4.95. The summed E-state index contributed by atoms with van der Waals surface area (Å²) in [6.45, 7) is 1.97. The molecule has 0 radical (unpaired) electrons. The highest BCUT2D eigenvalue weighted by Crippen LogP contribution is 2.31. The number of carbonyl (C=O) groups is 1. The molecular formula is C15H17FN4O2. The molecule has 2 bridgehead atoms. The van der Waals surface area contributed by atoms with Crippen LogP contribution >= 0.6 is 0 Å². The summed E-state index contributed by atoms with van der Waals surface area (Å²) in [5.41, 5.74) is 5.89. The van der Waals surface area contributed by atoms with E-state index in [-0.39, 0.29) is 23.3 Å². The first kappa shape index (κ1) is 13.5. The summed E-state index contributed by atoms with van der Waals surface area (Å²) >= 11 is 0. The normalized spacial score (nSPS) is 27.2. The Morgan fingerprint density at radius 2 is 2.18 bits per heavy atom. The third-order valence-electron chi connectivity index (χ3n) is 4.70. The van der Waals surface area contributed by atoms with Crippen LogP contribution in [0.2, 0.25) is 0 Å². The van der Waals surface area contributed by atoms with Crippen LogP contribution in [0.5, 0.6) is 0 Å². The van der Waals surface area contributed by atoms with E-state index < -0.39 is 11.7 Å². The van der Waals surface area contributed by atoms with Crippen molar-refractivity contribution < 1.29 is 13.6 Å². The number of halogens is 1. The highest BCUT2D eigenvalue weighted by molar-refractivity contribution is 6.05. The molecule has 3 N–H and O–H groups in total. The van der Waals surface area contributed by atoms with Crippen molar-refractivity contribution in [3.05, 3.63) is 23.5 Å². The fourth-order valence-corrected chi connectivity index (χ4v) is 3.54. The van der Waals surface area contributed by atoms with E-state index >= 15 is 0 Å². The number of carbonyl (C=O) groups excluding carboxylic acids is 1. The zero-order valence-corrected chi connectivity index (χ0v) is 12.0. The second-order valence-corrected chi connectivity index (χ2v) is 6.03. The van der Waals surface area contributed by atoms with Crippen molar-refractivity contribution in [3.8, 4) is 0 Å². The molecule has 5 rings (SSSR count). The van der Waals surface area contributed by atoms with Crippen molar-refractivity contribution in [1.82, 2.24) is 15.2 Å². The fourth-order valence-electron chi connectivity index (χ4n) is 3.54. The smallest absolute Gasteiger partial charge is 0.293 e. The van der Waals surface area contributed by atoms with Gasteiger partial charge in [-0.05, 0) is 37.3 Å². The molecule has 2 aromatic rings. The van der Waals surface area contributed by atoms with Crippen molar-refractivity contribution in [3.63, 3.8) is 0 Å². The maximum atomic E-state index is 14.1. The summed E-state index contributed by atoms with van der Waals surface area (Å²) in [7, 11) is 0. The van der Waals surface area contributed by atoms with Crippen LogP contribution in [-0.4, -0.2) is 35.0 Å². The molecule has 1 aromatic heterocycles. The Bertz CT molecular complexity index is 736. The van der Waals surface area contributed by atoms with Gasteiger partial charge in [-0.3, -0.25) is 9.69 Å². The summed E-state index contributed by atoms with van der Waals surface area (Å²) in [5, 5.41) is 2.93. The molecule has 3 saturated heterocycles. The van der Waals surface area contributed by atoms with Gasteiger partial charge in [0.25, 0.3) is 11.9 Å². The SMILES string of the molecule is Nc1nc2c(C(=O)N[C@@H]3CC4CCN3CC4)c(F)ccc2o1. The lowest BCUT2D eigenvalue weighted by molar-refractivity contribution is 0.0294. The number of amides is 1. The number of nitrogens with two attached hydrogens (primary N) is 1. The first-order valence-corrected chi connectivity index (χ1v) is 7.51. The van der Waals surface area contributed by atoms with Crippen molar-refractivity contribution >= 4 is 23.0 Å². The zero-order chi connectivity index (χ0) is 15.3. The molecule has 3 aliphatic rings.